The van der Waals surface area contributed by atoms with Gasteiger partial charge in [-0.3, -0.25) is 0 Å². The van der Waals surface area contributed by atoms with Crippen molar-refractivity contribution in [2.24, 2.45) is 0 Å². The van der Waals surface area contributed by atoms with Crippen LogP contribution < -0.4 is 21.2 Å². The third-order valence-corrected chi connectivity index (χ3v) is 10.9. The normalized spacial score (nSPS) is 13.2. The van der Waals surface area contributed by atoms with E-state index in [0.717, 1.165) is 0 Å². The molecule has 2 aliphatic rings. The Labute approximate surface area is 207 Å². The quantitative estimate of drug-likeness (QED) is 0.154. The standard InChI is InChI=1S/2C13H11P.2BrH.Ni/c2*1-14-12-8-4-2-6-10(12)11-7-3-5-9-13(11)14;;;/h2*2-9H,1H3;2*1H;/q;;;;+2. The molecule has 4 aromatic carbocycles. The Hall–Kier alpha value is -0.806. The molecule has 31 heavy (non-hydrogen) atoms. The first-order valence-electron chi connectivity index (χ1n) is 10.0. The predicted molar refractivity (Wildman–Crippen MR) is 149 cm³/mol. The van der Waals surface area contributed by atoms with Crippen LogP contribution in [0, 0.1) is 0 Å². The molecule has 0 saturated heterocycles. The maximum atomic E-state index is 3.00. The molecule has 0 N–H and O–H groups in total. The van der Waals surface area contributed by atoms with Gasteiger partial charge in [-0.05, 0) is 24.3 Å². The summed E-state index contributed by atoms with van der Waals surface area (Å²) in [5.74, 6) is 0. The second kappa shape index (κ2) is 10.9. The molecule has 2 heterocycles. The van der Waals surface area contributed by atoms with Crippen molar-refractivity contribution in [2.45, 2.75) is 0 Å². The molecule has 0 aliphatic carbocycles. The maximum absolute atomic E-state index is 3.00. The molecule has 0 atom stereocenters. The van der Waals surface area contributed by atoms with Gasteiger partial charge < -0.3 is 0 Å². The van der Waals surface area contributed by atoms with Crippen molar-refractivity contribution >= 4 is 65.5 Å². The summed E-state index contributed by atoms with van der Waals surface area (Å²) in [7, 11) is 0.309. The number of halogens is 2. The summed E-state index contributed by atoms with van der Waals surface area (Å²) in [6, 6.07) is 35.3. The van der Waals surface area contributed by atoms with Crippen molar-refractivity contribution in [1.29, 1.82) is 0 Å². The molecular formula is C26H24Br2NiP2+2. The first-order valence-corrected chi connectivity index (χ1v) is 18.9. The second-order valence-corrected chi connectivity index (χ2v) is 17.1. The van der Waals surface area contributed by atoms with E-state index < -0.39 is 15.8 Å². The number of hydrogen-bond donors (Lipinski definition) is 0. The molecule has 4 aromatic rings. The van der Waals surface area contributed by atoms with E-state index in [2.05, 4.69) is 139 Å². The van der Waals surface area contributed by atoms with Gasteiger partial charge in [0.05, 0.1) is 29.2 Å². The van der Waals surface area contributed by atoms with Crippen molar-refractivity contribution in [3.63, 3.8) is 0 Å². The number of benzene rings is 4. The van der Waals surface area contributed by atoms with E-state index in [1.165, 1.54) is 33.2 Å². The third-order valence-electron chi connectivity index (χ3n) is 5.90. The molecule has 0 unspecified atom stereocenters. The van der Waals surface area contributed by atoms with Crippen LogP contribution in [0.2, 0.25) is 0 Å². The molecule has 0 bridgehead atoms. The molecule has 0 nitrogen and oxygen atoms in total. The minimum atomic E-state index is -0.471. The van der Waals surface area contributed by atoms with Gasteiger partial charge in [0.15, 0.2) is 0 Å². The van der Waals surface area contributed by atoms with Gasteiger partial charge in [-0.15, -0.1) is 0 Å². The molecule has 0 saturated carbocycles. The van der Waals surface area contributed by atoms with Crippen molar-refractivity contribution < 1.29 is 10.9 Å². The fourth-order valence-corrected chi connectivity index (χ4v) is 8.92. The SMILES string of the molecule is C[PH+]1c2ccccc2-c2ccccc21.C[PH+]1c2ccccc2-c2ccccc21.[Br][Ni][Br]. The van der Waals surface area contributed by atoms with E-state index >= 15 is 0 Å². The van der Waals surface area contributed by atoms with Crippen LogP contribution >= 0.6 is 44.3 Å². The summed E-state index contributed by atoms with van der Waals surface area (Å²) in [6.07, 6.45) is 0. The average Bonchev–Trinajstić information content (AvgIpc) is 3.28. The first kappa shape index (κ1) is 23.4. The molecule has 6 rings (SSSR count). The minimum absolute atomic E-state index is 0.471. The average molecular weight is 617 g/mol. The van der Waals surface area contributed by atoms with Crippen LogP contribution in [0.25, 0.3) is 22.3 Å². The Morgan fingerprint density at radius 2 is 0.645 bits per heavy atom. The topological polar surface area (TPSA) is 0 Å². The van der Waals surface area contributed by atoms with E-state index in [1.807, 2.05) is 0 Å². The van der Waals surface area contributed by atoms with Crippen molar-refractivity contribution in [1.82, 2.24) is 0 Å². The van der Waals surface area contributed by atoms with Gasteiger partial charge in [-0.1, -0.05) is 72.8 Å². The summed E-state index contributed by atoms with van der Waals surface area (Å²) in [5, 5.41) is 6.27. The molecule has 2 aliphatic heterocycles. The summed E-state index contributed by atoms with van der Waals surface area (Å²) in [4.78, 5) is 0. The van der Waals surface area contributed by atoms with Gasteiger partial charge in [-0.2, -0.15) is 0 Å². The van der Waals surface area contributed by atoms with Crippen LogP contribution in [0.15, 0.2) is 97.1 Å². The summed E-state index contributed by atoms with van der Waals surface area (Å²) < 4.78 is 0. The van der Waals surface area contributed by atoms with Crippen LogP contribution in [-0.4, -0.2) is 13.3 Å². The van der Waals surface area contributed by atoms with Gasteiger partial charge >= 0.3 is 39.3 Å². The molecular weight excluding hydrogens is 593 g/mol. The van der Waals surface area contributed by atoms with E-state index in [9.17, 15) is 0 Å². The zero-order chi connectivity index (χ0) is 21.8. The van der Waals surface area contributed by atoms with Gasteiger partial charge in [0.1, 0.15) is 21.2 Å². The zero-order valence-electron chi connectivity index (χ0n) is 17.3. The van der Waals surface area contributed by atoms with Crippen LogP contribution in [0.4, 0.5) is 0 Å². The fourth-order valence-electron chi connectivity index (χ4n) is 4.47. The van der Waals surface area contributed by atoms with Crippen LogP contribution in [0.5, 0.6) is 0 Å². The number of rotatable bonds is 0. The van der Waals surface area contributed by atoms with Gasteiger partial charge in [0.25, 0.3) is 0 Å². The first-order chi connectivity index (χ1) is 15.2. The van der Waals surface area contributed by atoms with Gasteiger partial charge in [0, 0.05) is 22.3 Å². The summed E-state index contributed by atoms with van der Waals surface area (Å²) in [6.45, 7) is 4.77. The zero-order valence-corrected chi connectivity index (χ0v) is 23.5. The molecule has 0 amide bonds. The molecule has 0 fully saturated rings. The number of hydrogen-bond acceptors (Lipinski definition) is 0. The molecule has 0 radical (unpaired) electrons. The molecule has 5 heteroatoms. The second-order valence-electron chi connectivity index (χ2n) is 7.48. The Bertz CT molecular complexity index is 1010. The summed E-state index contributed by atoms with van der Waals surface area (Å²) >= 11 is 6.00. The van der Waals surface area contributed by atoms with Crippen molar-refractivity contribution in [3.05, 3.63) is 97.1 Å². The molecule has 0 aromatic heterocycles. The third kappa shape index (κ3) is 4.78. The number of fused-ring (bicyclic) bond motifs is 6. The fraction of sp³-hybridized carbons (Fsp3) is 0.0769. The van der Waals surface area contributed by atoms with Crippen LogP contribution in [-0.2, 0) is 10.9 Å². The van der Waals surface area contributed by atoms with E-state index in [4.69, 9.17) is 0 Å². The van der Waals surface area contributed by atoms with E-state index in [0.29, 0.717) is 0 Å². The van der Waals surface area contributed by atoms with Gasteiger partial charge in [0.2, 0.25) is 0 Å². The van der Waals surface area contributed by atoms with E-state index in [1.54, 1.807) is 21.2 Å². The Morgan fingerprint density at radius 3 is 0.871 bits per heavy atom. The Kier molecular flexibility index (Phi) is 8.19. The van der Waals surface area contributed by atoms with Gasteiger partial charge in [-0.25, -0.2) is 0 Å². The van der Waals surface area contributed by atoms with E-state index in [-0.39, 0.29) is 0 Å². The van der Waals surface area contributed by atoms with Crippen molar-refractivity contribution in [3.8, 4) is 22.3 Å². The molecule has 160 valence electrons. The Morgan fingerprint density at radius 1 is 0.452 bits per heavy atom. The van der Waals surface area contributed by atoms with Crippen LogP contribution in [0.1, 0.15) is 0 Å². The predicted octanol–water partition coefficient (Wildman–Crippen LogP) is 6.61. The molecule has 0 spiro atoms. The summed E-state index contributed by atoms with van der Waals surface area (Å²) in [5.41, 5.74) is 5.83. The monoisotopic (exact) mass is 614 g/mol. The van der Waals surface area contributed by atoms with Crippen LogP contribution in [0.3, 0.4) is 0 Å². The van der Waals surface area contributed by atoms with Crippen molar-refractivity contribution in [2.75, 3.05) is 13.3 Å². The Balaban J connectivity index is 0.000000133.